The van der Waals surface area contributed by atoms with Crippen molar-refractivity contribution in [2.45, 2.75) is 38.3 Å². The monoisotopic (exact) mass is 236 g/mol. The van der Waals surface area contributed by atoms with Crippen molar-refractivity contribution >= 4 is 0 Å². The van der Waals surface area contributed by atoms with Gasteiger partial charge in [-0.25, -0.2) is 0 Å². The largest absolute Gasteiger partial charge is 0.302 e. The van der Waals surface area contributed by atoms with Crippen LogP contribution in [0.3, 0.4) is 0 Å². The second kappa shape index (κ2) is 6.34. The minimum Gasteiger partial charge on any atom is -0.302 e. The first kappa shape index (κ1) is 12.8. The number of rotatable bonds is 6. The molecule has 1 heterocycles. The number of nitrogens with one attached hydrogen (secondary N) is 1. The third kappa shape index (κ3) is 3.95. The maximum absolute atomic E-state index is 8.97. The Morgan fingerprint density at radius 1 is 1.29 bits per heavy atom. The molecule has 96 valence electrons. The van der Waals surface area contributed by atoms with E-state index in [1.54, 1.807) is 0 Å². The molecule has 0 spiro atoms. The van der Waals surface area contributed by atoms with Crippen LogP contribution >= 0.6 is 0 Å². The molecule has 2 aliphatic rings. The van der Waals surface area contributed by atoms with Gasteiger partial charge in [-0.05, 0) is 25.8 Å². The molecule has 2 rings (SSSR count). The summed E-state index contributed by atoms with van der Waals surface area (Å²) >= 11 is 0. The van der Waals surface area contributed by atoms with Crippen molar-refractivity contribution in [1.82, 2.24) is 15.1 Å². The maximum Gasteiger partial charge on any atom is 0.0965 e. The van der Waals surface area contributed by atoms with E-state index in [-0.39, 0.29) is 6.04 Å². The van der Waals surface area contributed by atoms with Crippen LogP contribution < -0.4 is 5.32 Å². The van der Waals surface area contributed by atoms with Crippen LogP contribution in [-0.2, 0) is 0 Å². The summed E-state index contributed by atoms with van der Waals surface area (Å²) in [7, 11) is 0. The first-order valence-electron chi connectivity index (χ1n) is 6.93. The quantitative estimate of drug-likeness (QED) is 0.735. The van der Waals surface area contributed by atoms with E-state index in [0.717, 1.165) is 25.6 Å². The van der Waals surface area contributed by atoms with E-state index in [2.05, 4.69) is 28.1 Å². The first-order chi connectivity index (χ1) is 8.33. The zero-order valence-corrected chi connectivity index (χ0v) is 10.9. The summed E-state index contributed by atoms with van der Waals surface area (Å²) in [5.41, 5.74) is 0. The molecule has 0 aromatic carbocycles. The van der Waals surface area contributed by atoms with Gasteiger partial charge in [-0.1, -0.05) is 6.92 Å². The van der Waals surface area contributed by atoms with Gasteiger partial charge in [-0.3, -0.25) is 4.90 Å². The molecule has 0 aromatic rings. The van der Waals surface area contributed by atoms with Crippen LogP contribution in [0, 0.1) is 11.3 Å². The predicted molar refractivity (Wildman–Crippen MR) is 68.7 cm³/mol. The van der Waals surface area contributed by atoms with Gasteiger partial charge in [-0.15, -0.1) is 0 Å². The SMILES string of the molecule is CCNC(C#N)CCN1CCN(C2CC2)CC1. The molecular weight excluding hydrogens is 212 g/mol. The Morgan fingerprint density at radius 3 is 2.53 bits per heavy atom. The normalized spacial score (nSPS) is 24.5. The van der Waals surface area contributed by atoms with Crippen LogP contribution in [0.4, 0.5) is 0 Å². The summed E-state index contributed by atoms with van der Waals surface area (Å²) in [6.07, 6.45) is 3.78. The Labute approximate surface area is 105 Å². The molecule has 4 heteroatoms. The van der Waals surface area contributed by atoms with E-state index in [1.807, 2.05) is 0 Å². The predicted octanol–water partition coefficient (Wildman–Crippen LogP) is 0.658. The summed E-state index contributed by atoms with van der Waals surface area (Å²) in [5.74, 6) is 0. The molecular formula is C13H24N4. The molecule has 1 unspecified atom stereocenters. The minimum absolute atomic E-state index is 0.0291. The Kier molecular flexibility index (Phi) is 4.78. The first-order valence-corrected chi connectivity index (χ1v) is 6.93. The van der Waals surface area contributed by atoms with Gasteiger partial charge in [-0.2, -0.15) is 5.26 Å². The van der Waals surface area contributed by atoms with Gasteiger partial charge in [0.25, 0.3) is 0 Å². The van der Waals surface area contributed by atoms with E-state index >= 15 is 0 Å². The van der Waals surface area contributed by atoms with Gasteiger partial charge in [0.15, 0.2) is 0 Å². The van der Waals surface area contributed by atoms with E-state index < -0.39 is 0 Å². The van der Waals surface area contributed by atoms with Gasteiger partial charge in [0.1, 0.15) is 0 Å². The number of hydrogen-bond acceptors (Lipinski definition) is 4. The summed E-state index contributed by atoms with van der Waals surface area (Å²) in [5, 5.41) is 12.2. The van der Waals surface area contributed by atoms with Gasteiger partial charge in [0.05, 0.1) is 12.1 Å². The molecule has 0 amide bonds. The highest BCUT2D eigenvalue weighted by Gasteiger charge is 2.31. The van der Waals surface area contributed by atoms with Crippen molar-refractivity contribution < 1.29 is 0 Å². The van der Waals surface area contributed by atoms with Crippen LogP contribution in [-0.4, -0.2) is 61.2 Å². The van der Waals surface area contributed by atoms with E-state index in [0.29, 0.717) is 0 Å². The van der Waals surface area contributed by atoms with Gasteiger partial charge >= 0.3 is 0 Å². The number of hydrogen-bond donors (Lipinski definition) is 1. The Hall–Kier alpha value is -0.630. The van der Waals surface area contributed by atoms with Crippen molar-refractivity contribution in [3.8, 4) is 6.07 Å². The molecule has 0 radical (unpaired) electrons. The zero-order valence-electron chi connectivity index (χ0n) is 10.9. The van der Waals surface area contributed by atoms with Crippen molar-refractivity contribution in [2.75, 3.05) is 39.3 Å². The summed E-state index contributed by atoms with van der Waals surface area (Å²) in [4.78, 5) is 5.13. The van der Waals surface area contributed by atoms with Crippen molar-refractivity contribution in [3.63, 3.8) is 0 Å². The van der Waals surface area contributed by atoms with E-state index in [9.17, 15) is 0 Å². The molecule has 4 nitrogen and oxygen atoms in total. The smallest absolute Gasteiger partial charge is 0.0965 e. The highest BCUT2D eigenvalue weighted by atomic mass is 15.3. The molecule has 1 saturated heterocycles. The maximum atomic E-state index is 8.97. The molecule has 1 aliphatic heterocycles. The lowest BCUT2D eigenvalue weighted by atomic mass is 10.2. The Balaban J connectivity index is 1.62. The molecule has 1 aliphatic carbocycles. The fourth-order valence-corrected chi connectivity index (χ4v) is 2.56. The van der Waals surface area contributed by atoms with Crippen molar-refractivity contribution in [2.24, 2.45) is 0 Å². The molecule has 0 aromatic heterocycles. The lowest BCUT2D eigenvalue weighted by molar-refractivity contribution is 0.124. The van der Waals surface area contributed by atoms with Crippen LogP contribution in [0.1, 0.15) is 26.2 Å². The van der Waals surface area contributed by atoms with E-state index in [1.165, 1.54) is 39.0 Å². The van der Waals surface area contributed by atoms with Gasteiger partial charge in [0.2, 0.25) is 0 Å². The minimum atomic E-state index is 0.0291. The highest BCUT2D eigenvalue weighted by molar-refractivity contribution is 4.91. The van der Waals surface area contributed by atoms with Gasteiger partial charge < -0.3 is 10.2 Å². The topological polar surface area (TPSA) is 42.3 Å². The van der Waals surface area contributed by atoms with Gasteiger partial charge in [0, 0.05) is 38.8 Å². The Bertz CT molecular complexity index is 261. The average molecular weight is 236 g/mol. The molecule has 0 bridgehead atoms. The number of nitriles is 1. The highest BCUT2D eigenvalue weighted by Crippen LogP contribution is 2.27. The molecule has 17 heavy (non-hydrogen) atoms. The summed E-state index contributed by atoms with van der Waals surface area (Å²) in [6.45, 7) is 8.81. The number of nitrogens with zero attached hydrogens (tertiary/aromatic N) is 3. The summed E-state index contributed by atoms with van der Waals surface area (Å²) < 4.78 is 0. The number of piperazine rings is 1. The van der Waals surface area contributed by atoms with Crippen molar-refractivity contribution in [3.05, 3.63) is 0 Å². The standard InChI is InChI=1S/C13H24N4/c1-2-15-12(11-14)5-6-16-7-9-17(10-8-16)13-3-4-13/h12-13,15H,2-10H2,1H3. The van der Waals surface area contributed by atoms with Crippen LogP contribution in [0.2, 0.25) is 0 Å². The molecule has 2 fully saturated rings. The fourth-order valence-electron chi connectivity index (χ4n) is 2.56. The Morgan fingerprint density at radius 2 is 2.00 bits per heavy atom. The second-order valence-electron chi connectivity index (χ2n) is 5.14. The summed E-state index contributed by atoms with van der Waals surface area (Å²) in [6, 6.07) is 3.27. The molecule has 1 atom stereocenters. The second-order valence-corrected chi connectivity index (χ2v) is 5.14. The third-order valence-electron chi connectivity index (χ3n) is 3.81. The third-order valence-corrected chi connectivity index (χ3v) is 3.81. The molecule has 1 saturated carbocycles. The van der Waals surface area contributed by atoms with Crippen molar-refractivity contribution in [1.29, 1.82) is 5.26 Å². The van der Waals surface area contributed by atoms with E-state index in [4.69, 9.17) is 5.26 Å². The van der Waals surface area contributed by atoms with Crippen LogP contribution in [0.15, 0.2) is 0 Å². The molecule has 1 N–H and O–H groups in total. The lowest BCUT2D eigenvalue weighted by Crippen LogP contribution is -2.48. The zero-order chi connectivity index (χ0) is 12.1. The lowest BCUT2D eigenvalue weighted by Gasteiger charge is -2.35. The fraction of sp³-hybridized carbons (Fsp3) is 0.923. The average Bonchev–Trinajstić information content (AvgIpc) is 3.19. The van der Waals surface area contributed by atoms with Crippen LogP contribution in [0.5, 0.6) is 0 Å². The van der Waals surface area contributed by atoms with Crippen LogP contribution in [0.25, 0.3) is 0 Å².